The molecule has 0 amide bonds. The summed E-state index contributed by atoms with van der Waals surface area (Å²) in [5.41, 5.74) is 1.96. The van der Waals surface area contributed by atoms with Gasteiger partial charge in [-0.2, -0.15) is 0 Å². The van der Waals surface area contributed by atoms with Crippen LogP contribution in [0.4, 0.5) is 0 Å². The van der Waals surface area contributed by atoms with Gasteiger partial charge in [0.2, 0.25) is 0 Å². The summed E-state index contributed by atoms with van der Waals surface area (Å²) in [7, 11) is 1.86. The van der Waals surface area contributed by atoms with Crippen molar-refractivity contribution >= 4 is 5.96 Å². The number of nitrogens with zero attached hydrogens (tertiary/aromatic N) is 1. The lowest BCUT2D eigenvalue weighted by atomic mass is 9.65. The molecule has 0 aliphatic heterocycles. The molecule has 2 aliphatic carbocycles. The second kappa shape index (κ2) is 6.50. The monoisotopic (exact) mass is 285 g/mol. The minimum Gasteiger partial charge on any atom is -0.356 e. The minimum atomic E-state index is 0.594. The van der Waals surface area contributed by atoms with Crippen LogP contribution in [0.25, 0.3) is 0 Å². The van der Waals surface area contributed by atoms with E-state index >= 15 is 0 Å². The van der Waals surface area contributed by atoms with Crippen molar-refractivity contribution in [2.24, 2.45) is 16.3 Å². The van der Waals surface area contributed by atoms with Gasteiger partial charge in [0.1, 0.15) is 0 Å². The fourth-order valence-corrected chi connectivity index (χ4v) is 3.51. The van der Waals surface area contributed by atoms with Crippen molar-refractivity contribution in [1.29, 1.82) is 0 Å². The summed E-state index contributed by atoms with van der Waals surface area (Å²) in [4.78, 5) is 4.35. The zero-order valence-electron chi connectivity index (χ0n) is 13.1. The topological polar surface area (TPSA) is 36.4 Å². The Kier molecular flexibility index (Phi) is 4.47. The molecule has 1 aromatic carbocycles. The van der Waals surface area contributed by atoms with Crippen LogP contribution in [0.2, 0.25) is 0 Å². The predicted octanol–water partition coefficient (Wildman–Crippen LogP) is 2.97. The maximum absolute atomic E-state index is 4.35. The standard InChI is InChI=1S/C18H27N3/c1-19-17(20-13-10-15-6-3-2-4-7-15)21-14-18(11-5-12-18)16-8-9-16/h2-4,6-7,16H,5,8-14H2,1H3,(H2,19,20,21). The van der Waals surface area contributed by atoms with Crippen molar-refractivity contribution in [1.82, 2.24) is 10.6 Å². The van der Waals surface area contributed by atoms with Gasteiger partial charge in [0.15, 0.2) is 5.96 Å². The summed E-state index contributed by atoms with van der Waals surface area (Å²) >= 11 is 0. The van der Waals surface area contributed by atoms with Crippen LogP contribution >= 0.6 is 0 Å². The van der Waals surface area contributed by atoms with Crippen LogP contribution in [-0.4, -0.2) is 26.1 Å². The molecule has 0 unspecified atom stereocenters. The van der Waals surface area contributed by atoms with E-state index < -0.39 is 0 Å². The second-order valence-corrected chi connectivity index (χ2v) is 6.58. The lowest BCUT2D eigenvalue weighted by Crippen LogP contribution is -2.47. The van der Waals surface area contributed by atoms with E-state index in [1.54, 1.807) is 0 Å². The molecule has 21 heavy (non-hydrogen) atoms. The molecule has 0 saturated heterocycles. The highest BCUT2D eigenvalue weighted by Gasteiger charge is 2.48. The molecule has 2 aliphatic rings. The van der Waals surface area contributed by atoms with Crippen LogP contribution in [0.15, 0.2) is 35.3 Å². The van der Waals surface area contributed by atoms with E-state index in [-0.39, 0.29) is 0 Å². The summed E-state index contributed by atoms with van der Waals surface area (Å²) in [5.74, 6) is 1.94. The molecule has 2 fully saturated rings. The van der Waals surface area contributed by atoms with Crippen LogP contribution in [0.5, 0.6) is 0 Å². The summed E-state index contributed by atoms with van der Waals surface area (Å²) in [6, 6.07) is 10.6. The number of hydrogen-bond acceptors (Lipinski definition) is 1. The van der Waals surface area contributed by atoms with Crippen LogP contribution in [0, 0.1) is 11.3 Å². The second-order valence-electron chi connectivity index (χ2n) is 6.58. The first-order chi connectivity index (χ1) is 10.3. The zero-order valence-corrected chi connectivity index (χ0v) is 13.1. The van der Waals surface area contributed by atoms with Crippen molar-refractivity contribution in [3.05, 3.63) is 35.9 Å². The van der Waals surface area contributed by atoms with Gasteiger partial charge in [0, 0.05) is 20.1 Å². The highest BCUT2D eigenvalue weighted by molar-refractivity contribution is 5.79. The van der Waals surface area contributed by atoms with E-state index in [1.165, 1.54) is 37.7 Å². The Morgan fingerprint density at radius 3 is 2.52 bits per heavy atom. The molecular formula is C18H27N3. The van der Waals surface area contributed by atoms with Crippen molar-refractivity contribution in [3.8, 4) is 0 Å². The first kappa shape index (κ1) is 14.4. The minimum absolute atomic E-state index is 0.594. The highest BCUT2D eigenvalue weighted by atomic mass is 15.2. The van der Waals surface area contributed by atoms with Crippen molar-refractivity contribution < 1.29 is 0 Å². The van der Waals surface area contributed by atoms with Gasteiger partial charge in [-0.3, -0.25) is 4.99 Å². The van der Waals surface area contributed by atoms with Gasteiger partial charge >= 0.3 is 0 Å². The molecule has 3 rings (SSSR count). The number of benzene rings is 1. The molecule has 0 spiro atoms. The van der Waals surface area contributed by atoms with Crippen molar-refractivity contribution in [2.45, 2.75) is 38.5 Å². The Labute approximate surface area is 128 Å². The maximum Gasteiger partial charge on any atom is 0.191 e. The Hall–Kier alpha value is -1.51. The Balaban J connectivity index is 1.41. The molecule has 0 heterocycles. The number of nitrogens with one attached hydrogen (secondary N) is 2. The average Bonchev–Trinajstić information content (AvgIpc) is 3.30. The van der Waals surface area contributed by atoms with E-state index in [0.29, 0.717) is 5.41 Å². The van der Waals surface area contributed by atoms with Gasteiger partial charge in [0.05, 0.1) is 0 Å². The van der Waals surface area contributed by atoms with E-state index in [9.17, 15) is 0 Å². The van der Waals surface area contributed by atoms with E-state index in [2.05, 4.69) is 46.0 Å². The fourth-order valence-electron chi connectivity index (χ4n) is 3.51. The molecule has 2 saturated carbocycles. The van der Waals surface area contributed by atoms with Crippen molar-refractivity contribution in [2.75, 3.05) is 20.1 Å². The fraction of sp³-hybridized carbons (Fsp3) is 0.611. The number of guanidine groups is 1. The van der Waals surface area contributed by atoms with Gasteiger partial charge in [-0.25, -0.2) is 0 Å². The van der Waals surface area contributed by atoms with Gasteiger partial charge in [-0.05, 0) is 49.0 Å². The van der Waals surface area contributed by atoms with Crippen LogP contribution < -0.4 is 10.6 Å². The lowest BCUT2D eigenvalue weighted by Gasteiger charge is -2.43. The zero-order chi connectivity index (χ0) is 14.5. The summed E-state index contributed by atoms with van der Waals surface area (Å²) in [5, 5.41) is 7.00. The molecule has 3 nitrogen and oxygen atoms in total. The molecule has 114 valence electrons. The largest absolute Gasteiger partial charge is 0.356 e. The van der Waals surface area contributed by atoms with E-state index in [4.69, 9.17) is 0 Å². The normalized spacial score (nSPS) is 20.7. The predicted molar refractivity (Wildman–Crippen MR) is 88.5 cm³/mol. The first-order valence-corrected chi connectivity index (χ1v) is 8.31. The smallest absolute Gasteiger partial charge is 0.191 e. The molecule has 1 aromatic rings. The third-order valence-electron chi connectivity index (χ3n) is 5.17. The third-order valence-corrected chi connectivity index (χ3v) is 5.17. The Bertz CT molecular complexity index is 472. The first-order valence-electron chi connectivity index (χ1n) is 8.31. The van der Waals surface area contributed by atoms with Gasteiger partial charge in [-0.15, -0.1) is 0 Å². The van der Waals surface area contributed by atoms with Crippen LogP contribution in [-0.2, 0) is 6.42 Å². The van der Waals surface area contributed by atoms with Crippen LogP contribution in [0.3, 0.4) is 0 Å². The average molecular weight is 285 g/mol. The number of rotatable bonds is 6. The van der Waals surface area contributed by atoms with E-state index in [0.717, 1.165) is 31.4 Å². The third kappa shape index (κ3) is 3.58. The van der Waals surface area contributed by atoms with E-state index in [1.807, 2.05) is 7.05 Å². The summed E-state index contributed by atoms with van der Waals surface area (Å²) in [6.45, 7) is 2.03. The lowest BCUT2D eigenvalue weighted by molar-refractivity contribution is 0.106. The molecule has 0 radical (unpaired) electrons. The van der Waals surface area contributed by atoms with Crippen molar-refractivity contribution in [3.63, 3.8) is 0 Å². The summed E-state index contributed by atoms with van der Waals surface area (Å²) in [6.07, 6.45) is 8.16. The molecule has 2 N–H and O–H groups in total. The van der Waals surface area contributed by atoms with Gasteiger partial charge in [0.25, 0.3) is 0 Å². The molecule has 0 bridgehead atoms. The molecule has 0 atom stereocenters. The molecule has 0 aromatic heterocycles. The Morgan fingerprint density at radius 1 is 1.19 bits per heavy atom. The molecule has 3 heteroatoms. The van der Waals surface area contributed by atoms with Gasteiger partial charge in [-0.1, -0.05) is 36.8 Å². The highest BCUT2D eigenvalue weighted by Crippen LogP contribution is 2.56. The molecular weight excluding hydrogens is 258 g/mol. The number of aliphatic imine (C=N–C) groups is 1. The van der Waals surface area contributed by atoms with Gasteiger partial charge < -0.3 is 10.6 Å². The maximum atomic E-state index is 4.35. The number of hydrogen-bond donors (Lipinski definition) is 2. The van der Waals surface area contributed by atoms with Crippen LogP contribution in [0.1, 0.15) is 37.7 Å². The SMILES string of the molecule is CN=C(NCCc1ccccc1)NCC1(C2CC2)CCC1. The summed E-state index contributed by atoms with van der Waals surface area (Å²) < 4.78 is 0. The quantitative estimate of drug-likeness (QED) is 0.623. The Morgan fingerprint density at radius 2 is 1.95 bits per heavy atom.